The number of hydrogen-bond donors (Lipinski definition) is 3. The van der Waals surface area contributed by atoms with E-state index < -0.39 is 12.1 Å². The molecule has 0 radical (unpaired) electrons. The summed E-state index contributed by atoms with van der Waals surface area (Å²) in [5, 5.41) is 23.0. The molecule has 0 bridgehead atoms. The zero-order valence-corrected chi connectivity index (χ0v) is 45.3. The Morgan fingerprint density at radius 1 is 0.412 bits per heavy atom. The largest absolute Gasteiger partial charge is 0.466 e. The van der Waals surface area contributed by atoms with E-state index in [1.165, 1.54) is 225 Å². The van der Waals surface area contributed by atoms with Gasteiger partial charge >= 0.3 is 5.97 Å². The molecule has 398 valence electrons. The van der Waals surface area contributed by atoms with Crippen molar-refractivity contribution in [3.63, 3.8) is 0 Å². The van der Waals surface area contributed by atoms with Crippen molar-refractivity contribution in [3.05, 3.63) is 48.6 Å². The molecule has 0 aliphatic rings. The SMILES string of the molecule is CCCCC/C=C\C/C=C\CCCCCCCCCCCC(=O)OCCCCCCCCCCCCC/C=C\CCCCCCCCCC(=O)NC(CO)C(O)/C=C/CCCCCCCCCC. The van der Waals surface area contributed by atoms with Crippen molar-refractivity contribution in [2.45, 2.75) is 321 Å². The summed E-state index contributed by atoms with van der Waals surface area (Å²) in [5.41, 5.74) is 0. The first-order chi connectivity index (χ1) is 33.5. The van der Waals surface area contributed by atoms with Gasteiger partial charge in [0.1, 0.15) is 0 Å². The van der Waals surface area contributed by atoms with Crippen LogP contribution in [-0.2, 0) is 14.3 Å². The molecule has 0 aliphatic heterocycles. The Morgan fingerprint density at radius 2 is 0.735 bits per heavy atom. The second kappa shape index (κ2) is 57.4. The van der Waals surface area contributed by atoms with Crippen LogP contribution in [0, 0.1) is 0 Å². The number of aliphatic hydroxyl groups excluding tert-OH is 2. The molecule has 1 amide bonds. The van der Waals surface area contributed by atoms with Crippen LogP contribution >= 0.6 is 0 Å². The summed E-state index contributed by atoms with van der Waals surface area (Å²) in [4.78, 5) is 24.5. The summed E-state index contributed by atoms with van der Waals surface area (Å²) < 4.78 is 5.49. The number of carbonyl (C=O) groups excluding carboxylic acids is 2. The molecule has 68 heavy (non-hydrogen) atoms. The smallest absolute Gasteiger partial charge is 0.305 e. The lowest BCUT2D eigenvalue weighted by Gasteiger charge is -2.20. The van der Waals surface area contributed by atoms with Gasteiger partial charge in [-0.1, -0.05) is 255 Å². The van der Waals surface area contributed by atoms with Gasteiger partial charge in [0.05, 0.1) is 25.4 Å². The van der Waals surface area contributed by atoms with Crippen molar-refractivity contribution in [2.75, 3.05) is 13.2 Å². The molecule has 2 unspecified atom stereocenters. The van der Waals surface area contributed by atoms with Gasteiger partial charge in [0.2, 0.25) is 5.91 Å². The van der Waals surface area contributed by atoms with E-state index in [4.69, 9.17) is 4.74 Å². The standard InChI is InChI=1S/C62H115NO5/c1-3-5-7-9-11-13-15-16-17-18-23-27-30-33-36-40-44-48-52-56-62(67)68-57-53-49-45-41-37-34-31-28-25-22-20-19-21-24-26-29-32-35-39-43-47-51-55-61(66)63-59(58-64)60(65)54-50-46-42-38-14-12-10-8-6-4-2/h11,13,16-17,21,24,50,54,59-60,64-65H,3-10,12,14-15,18-20,22-23,25-49,51-53,55-58H2,1-2H3,(H,63,66)/b13-11-,17-16-,24-21-,54-50+. The number of carbonyl (C=O) groups is 2. The molecule has 0 aromatic heterocycles. The van der Waals surface area contributed by atoms with E-state index in [1.807, 2.05) is 6.08 Å². The second-order valence-corrected chi connectivity index (χ2v) is 20.3. The van der Waals surface area contributed by atoms with Crippen molar-refractivity contribution in [3.8, 4) is 0 Å². The van der Waals surface area contributed by atoms with Crippen molar-refractivity contribution in [1.29, 1.82) is 0 Å². The molecule has 0 aromatic carbocycles. The van der Waals surface area contributed by atoms with E-state index in [9.17, 15) is 19.8 Å². The lowest BCUT2D eigenvalue weighted by Crippen LogP contribution is -2.45. The predicted molar refractivity (Wildman–Crippen MR) is 296 cm³/mol. The van der Waals surface area contributed by atoms with E-state index in [2.05, 4.69) is 55.6 Å². The Hall–Kier alpha value is -2.18. The fourth-order valence-corrected chi connectivity index (χ4v) is 8.95. The first-order valence-corrected chi connectivity index (χ1v) is 29.9. The van der Waals surface area contributed by atoms with Gasteiger partial charge in [-0.3, -0.25) is 9.59 Å². The number of unbranched alkanes of at least 4 members (excludes halogenated alkanes) is 38. The molecule has 0 aliphatic carbocycles. The number of esters is 1. The van der Waals surface area contributed by atoms with Crippen LogP contribution in [0.25, 0.3) is 0 Å². The van der Waals surface area contributed by atoms with Crippen LogP contribution in [0.3, 0.4) is 0 Å². The molecular formula is C62H115NO5. The van der Waals surface area contributed by atoms with Gasteiger partial charge in [-0.15, -0.1) is 0 Å². The van der Waals surface area contributed by atoms with Crippen LogP contribution in [0.1, 0.15) is 309 Å². The average Bonchev–Trinajstić information content (AvgIpc) is 3.34. The number of hydrogen-bond acceptors (Lipinski definition) is 5. The maximum absolute atomic E-state index is 12.4. The number of amides is 1. The van der Waals surface area contributed by atoms with Gasteiger partial charge in [0.15, 0.2) is 0 Å². The molecule has 3 N–H and O–H groups in total. The van der Waals surface area contributed by atoms with Crippen LogP contribution in [0.5, 0.6) is 0 Å². The molecule has 6 nitrogen and oxygen atoms in total. The van der Waals surface area contributed by atoms with E-state index in [0.29, 0.717) is 19.4 Å². The third-order valence-corrected chi connectivity index (χ3v) is 13.6. The number of nitrogens with one attached hydrogen (secondary N) is 1. The second-order valence-electron chi connectivity index (χ2n) is 20.3. The van der Waals surface area contributed by atoms with Crippen LogP contribution in [-0.4, -0.2) is 47.4 Å². The van der Waals surface area contributed by atoms with E-state index in [0.717, 1.165) is 57.8 Å². The zero-order valence-electron chi connectivity index (χ0n) is 45.3. The van der Waals surface area contributed by atoms with E-state index in [1.54, 1.807) is 6.08 Å². The highest BCUT2D eigenvalue weighted by Gasteiger charge is 2.18. The molecule has 0 aromatic rings. The number of aliphatic hydroxyl groups is 2. The minimum atomic E-state index is -0.847. The summed E-state index contributed by atoms with van der Waals surface area (Å²) in [6.45, 7) is 4.85. The lowest BCUT2D eigenvalue weighted by molar-refractivity contribution is -0.143. The molecule has 2 atom stereocenters. The highest BCUT2D eigenvalue weighted by Crippen LogP contribution is 2.16. The predicted octanol–water partition coefficient (Wildman–Crippen LogP) is 18.6. The Morgan fingerprint density at radius 3 is 1.16 bits per heavy atom. The fourth-order valence-electron chi connectivity index (χ4n) is 8.95. The highest BCUT2D eigenvalue weighted by molar-refractivity contribution is 5.76. The average molecular weight is 955 g/mol. The summed E-state index contributed by atoms with van der Waals surface area (Å²) in [6.07, 6.45) is 72.9. The quantitative estimate of drug-likeness (QED) is 0.0321. The molecule has 0 fully saturated rings. The molecule has 0 spiro atoms. The van der Waals surface area contributed by atoms with Crippen molar-refractivity contribution in [1.82, 2.24) is 5.32 Å². The molecule has 6 heteroatoms. The summed E-state index contributed by atoms with van der Waals surface area (Å²) in [6, 6.07) is -0.632. The van der Waals surface area contributed by atoms with Crippen LogP contribution in [0.2, 0.25) is 0 Å². The third kappa shape index (κ3) is 53.2. The van der Waals surface area contributed by atoms with Gasteiger partial charge in [0, 0.05) is 12.8 Å². The van der Waals surface area contributed by atoms with E-state index >= 15 is 0 Å². The van der Waals surface area contributed by atoms with E-state index in [-0.39, 0.29) is 18.5 Å². The summed E-state index contributed by atoms with van der Waals surface area (Å²) in [5.74, 6) is -0.0724. The molecule has 0 saturated carbocycles. The summed E-state index contributed by atoms with van der Waals surface area (Å²) in [7, 11) is 0. The maximum atomic E-state index is 12.4. The number of ether oxygens (including phenoxy) is 1. The maximum Gasteiger partial charge on any atom is 0.305 e. The third-order valence-electron chi connectivity index (χ3n) is 13.6. The van der Waals surface area contributed by atoms with Crippen molar-refractivity contribution >= 4 is 11.9 Å². The minimum Gasteiger partial charge on any atom is -0.466 e. The van der Waals surface area contributed by atoms with Gasteiger partial charge < -0.3 is 20.3 Å². The Kier molecular flexibility index (Phi) is 55.6. The van der Waals surface area contributed by atoms with Crippen molar-refractivity contribution in [2.24, 2.45) is 0 Å². The molecule has 0 saturated heterocycles. The molecule has 0 heterocycles. The Bertz CT molecular complexity index is 1150. The Balaban J connectivity index is 3.40. The van der Waals surface area contributed by atoms with Gasteiger partial charge in [-0.25, -0.2) is 0 Å². The monoisotopic (exact) mass is 954 g/mol. The van der Waals surface area contributed by atoms with Crippen LogP contribution in [0.4, 0.5) is 0 Å². The number of allylic oxidation sites excluding steroid dienone is 7. The minimum absolute atomic E-state index is 0.00503. The topological polar surface area (TPSA) is 95.9 Å². The highest BCUT2D eigenvalue weighted by atomic mass is 16.5. The van der Waals surface area contributed by atoms with Gasteiger partial charge in [-0.05, 0) is 89.9 Å². The zero-order chi connectivity index (χ0) is 49.3. The first kappa shape index (κ1) is 65.8. The first-order valence-electron chi connectivity index (χ1n) is 29.9. The lowest BCUT2D eigenvalue weighted by atomic mass is 10.0. The molecular weight excluding hydrogens is 839 g/mol. The molecule has 0 rings (SSSR count). The Labute approximate surface area is 423 Å². The fraction of sp³-hybridized carbons (Fsp3) is 0.839. The van der Waals surface area contributed by atoms with Crippen molar-refractivity contribution < 1.29 is 24.5 Å². The van der Waals surface area contributed by atoms with Crippen LogP contribution in [0.15, 0.2) is 48.6 Å². The number of rotatable bonds is 55. The van der Waals surface area contributed by atoms with Gasteiger partial charge in [0.25, 0.3) is 0 Å². The van der Waals surface area contributed by atoms with Crippen LogP contribution < -0.4 is 5.32 Å². The summed E-state index contributed by atoms with van der Waals surface area (Å²) >= 11 is 0. The normalized spacial score (nSPS) is 12.9. The van der Waals surface area contributed by atoms with Gasteiger partial charge in [-0.2, -0.15) is 0 Å².